The molecule has 0 bridgehead atoms. The van der Waals surface area contributed by atoms with Crippen molar-refractivity contribution in [1.29, 1.82) is 0 Å². The van der Waals surface area contributed by atoms with E-state index in [1.165, 1.54) is 31.2 Å². The fraction of sp³-hybridized carbons (Fsp3) is 0.476. The summed E-state index contributed by atoms with van der Waals surface area (Å²) in [6.07, 6.45) is 9.87. The predicted molar refractivity (Wildman–Crippen MR) is 114 cm³/mol. The quantitative estimate of drug-likeness (QED) is 0.398. The van der Waals surface area contributed by atoms with Gasteiger partial charge in [-0.2, -0.15) is 5.10 Å². The van der Waals surface area contributed by atoms with Crippen LogP contribution in [0.4, 0.5) is 5.95 Å². The fourth-order valence-corrected chi connectivity index (χ4v) is 4.49. The molecule has 7 heteroatoms. The van der Waals surface area contributed by atoms with Crippen LogP contribution in [0.5, 0.6) is 0 Å². The molecule has 0 atom stereocenters. The van der Waals surface area contributed by atoms with E-state index in [1.807, 2.05) is 34.9 Å². The Kier molecular flexibility index (Phi) is 6.31. The first-order valence-electron chi connectivity index (χ1n) is 10.2. The van der Waals surface area contributed by atoms with Gasteiger partial charge in [0.1, 0.15) is 0 Å². The lowest BCUT2D eigenvalue weighted by Gasteiger charge is -2.18. The molecule has 1 aromatic carbocycles. The number of unbranched alkanes of at least 4 members (excludes halogenated alkanes) is 2. The Morgan fingerprint density at radius 3 is 2.57 bits per heavy atom. The van der Waals surface area contributed by atoms with Crippen LogP contribution in [0, 0.1) is 6.92 Å². The van der Waals surface area contributed by atoms with Crippen LogP contribution < -0.4 is 4.90 Å². The van der Waals surface area contributed by atoms with Gasteiger partial charge in [-0.3, -0.25) is 9.25 Å². The zero-order chi connectivity index (χ0) is 19.2. The Morgan fingerprint density at radius 2 is 1.82 bits per heavy atom. The molecule has 0 aliphatic carbocycles. The largest absolute Gasteiger partial charge is 0.341 e. The zero-order valence-corrected chi connectivity index (χ0v) is 17.3. The second-order valence-electron chi connectivity index (χ2n) is 7.33. The summed E-state index contributed by atoms with van der Waals surface area (Å²) in [6.45, 7) is 5.26. The maximum atomic E-state index is 4.55. The van der Waals surface area contributed by atoms with E-state index < -0.39 is 0 Å². The summed E-state index contributed by atoms with van der Waals surface area (Å²) in [5, 5.41) is 14.3. The first-order valence-corrected chi connectivity index (χ1v) is 11.2. The molecule has 0 saturated carbocycles. The standard InChI is InChI=1S/C21H28N6S/c1-18-8-10-19(11-9-18)27-20(25-13-4-5-14-25)23-24-21(27)28-17-6-2-3-15-26-16-7-12-22-26/h7-12,16H,2-6,13-15,17H2,1H3. The fourth-order valence-electron chi connectivity index (χ4n) is 3.55. The summed E-state index contributed by atoms with van der Waals surface area (Å²) >= 11 is 1.81. The monoisotopic (exact) mass is 396 g/mol. The first kappa shape index (κ1) is 19.1. The van der Waals surface area contributed by atoms with Crippen LogP contribution in [0.25, 0.3) is 5.69 Å². The van der Waals surface area contributed by atoms with Gasteiger partial charge in [-0.1, -0.05) is 35.9 Å². The van der Waals surface area contributed by atoms with Crippen LogP contribution in [0.3, 0.4) is 0 Å². The van der Waals surface area contributed by atoms with Gasteiger partial charge in [-0.25, -0.2) is 0 Å². The van der Waals surface area contributed by atoms with Gasteiger partial charge >= 0.3 is 0 Å². The second kappa shape index (κ2) is 9.28. The maximum absolute atomic E-state index is 4.55. The Morgan fingerprint density at radius 1 is 1.00 bits per heavy atom. The minimum absolute atomic E-state index is 0.988. The smallest absolute Gasteiger partial charge is 0.232 e. The maximum Gasteiger partial charge on any atom is 0.232 e. The van der Waals surface area contributed by atoms with Gasteiger partial charge in [0.25, 0.3) is 0 Å². The molecule has 3 heterocycles. The van der Waals surface area contributed by atoms with E-state index in [9.17, 15) is 0 Å². The summed E-state index contributed by atoms with van der Waals surface area (Å²) in [4.78, 5) is 2.36. The Hall–Kier alpha value is -2.28. The molecule has 0 unspecified atom stereocenters. The van der Waals surface area contributed by atoms with Gasteiger partial charge in [0.05, 0.1) is 5.69 Å². The number of aromatic nitrogens is 5. The van der Waals surface area contributed by atoms with Crippen molar-refractivity contribution in [3.63, 3.8) is 0 Å². The van der Waals surface area contributed by atoms with Crippen molar-refractivity contribution in [3.05, 3.63) is 48.3 Å². The molecule has 148 valence electrons. The normalized spacial score (nSPS) is 14.1. The van der Waals surface area contributed by atoms with Crippen LogP contribution in [0.15, 0.2) is 47.9 Å². The number of rotatable bonds is 9. The molecule has 1 aliphatic rings. The van der Waals surface area contributed by atoms with Crippen molar-refractivity contribution in [1.82, 2.24) is 24.5 Å². The molecule has 6 nitrogen and oxygen atoms in total. The van der Waals surface area contributed by atoms with E-state index in [0.717, 1.165) is 48.6 Å². The van der Waals surface area contributed by atoms with Gasteiger partial charge in [0, 0.05) is 37.8 Å². The van der Waals surface area contributed by atoms with E-state index in [2.05, 4.69) is 56.0 Å². The van der Waals surface area contributed by atoms with Crippen molar-refractivity contribution in [2.75, 3.05) is 23.7 Å². The van der Waals surface area contributed by atoms with Gasteiger partial charge in [-0.05, 0) is 50.8 Å². The third kappa shape index (κ3) is 4.58. The molecule has 1 aliphatic heterocycles. The van der Waals surface area contributed by atoms with E-state index in [0.29, 0.717) is 0 Å². The minimum atomic E-state index is 0.988. The van der Waals surface area contributed by atoms with E-state index in [1.54, 1.807) is 0 Å². The molecule has 1 fully saturated rings. The molecule has 2 aromatic heterocycles. The van der Waals surface area contributed by atoms with Crippen molar-refractivity contribution in [2.24, 2.45) is 0 Å². The molecule has 3 aromatic rings. The first-order chi connectivity index (χ1) is 13.8. The number of nitrogens with zero attached hydrogens (tertiary/aromatic N) is 6. The van der Waals surface area contributed by atoms with E-state index in [-0.39, 0.29) is 0 Å². The third-order valence-corrected chi connectivity index (χ3v) is 6.13. The molecular formula is C21H28N6S. The summed E-state index contributed by atoms with van der Waals surface area (Å²) < 4.78 is 4.24. The number of anilines is 1. The average Bonchev–Trinajstić information content (AvgIpc) is 3.46. The molecular weight excluding hydrogens is 368 g/mol. The van der Waals surface area contributed by atoms with E-state index in [4.69, 9.17) is 0 Å². The van der Waals surface area contributed by atoms with Crippen molar-refractivity contribution < 1.29 is 0 Å². The van der Waals surface area contributed by atoms with Crippen molar-refractivity contribution in [3.8, 4) is 5.69 Å². The lowest BCUT2D eigenvalue weighted by atomic mass is 10.2. The van der Waals surface area contributed by atoms with Gasteiger partial charge in [0.15, 0.2) is 5.16 Å². The van der Waals surface area contributed by atoms with Gasteiger partial charge in [-0.15, -0.1) is 10.2 Å². The lowest BCUT2D eigenvalue weighted by molar-refractivity contribution is 0.554. The summed E-state index contributed by atoms with van der Waals surface area (Å²) in [5.74, 6) is 2.05. The van der Waals surface area contributed by atoms with Crippen molar-refractivity contribution >= 4 is 17.7 Å². The summed E-state index contributed by atoms with van der Waals surface area (Å²) in [5.41, 5.74) is 2.42. The number of hydrogen-bond donors (Lipinski definition) is 0. The SMILES string of the molecule is Cc1ccc(-n2c(SCCCCCn3cccn3)nnc2N2CCCC2)cc1. The highest BCUT2D eigenvalue weighted by Gasteiger charge is 2.22. The average molecular weight is 397 g/mol. The Bertz CT molecular complexity index is 850. The molecule has 0 N–H and O–H groups in total. The van der Waals surface area contributed by atoms with Gasteiger partial charge < -0.3 is 4.90 Å². The highest BCUT2D eigenvalue weighted by molar-refractivity contribution is 7.99. The van der Waals surface area contributed by atoms with Crippen molar-refractivity contribution in [2.45, 2.75) is 50.7 Å². The van der Waals surface area contributed by atoms with Crippen LogP contribution >= 0.6 is 11.8 Å². The van der Waals surface area contributed by atoms with Crippen LogP contribution in [0.1, 0.15) is 37.7 Å². The van der Waals surface area contributed by atoms with Crippen LogP contribution in [-0.4, -0.2) is 43.4 Å². The topological polar surface area (TPSA) is 51.8 Å². The lowest BCUT2D eigenvalue weighted by Crippen LogP contribution is -2.22. The number of aryl methyl sites for hydroxylation is 2. The molecule has 1 saturated heterocycles. The Labute approximate surface area is 171 Å². The summed E-state index contributed by atoms with van der Waals surface area (Å²) in [6, 6.07) is 10.6. The van der Waals surface area contributed by atoms with Crippen LogP contribution in [0.2, 0.25) is 0 Å². The molecule has 0 spiro atoms. The summed E-state index contributed by atoms with van der Waals surface area (Å²) in [7, 11) is 0. The highest BCUT2D eigenvalue weighted by Crippen LogP contribution is 2.29. The second-order valence-corrected chi connectivity index (χ2v) is 8.39. The van der Waals surface area contributed by atoms with Crippen LogP contribution in [-0.2, 0) is 6.54 Å². The molecule has 4 rings (SSSR count). The predicted octanol–water partition coefficient (Wildman–Crippen LogP) is 4.34. The Balaban J connectivity index is 1.39. The molecule has 0 radical (unpaired) electrons. The molecule has 0 amide bonds. The van der Waals surface area contributed by atoms with Gasteiger partial charge in [0.2, 0.25) is 5.95 Å². The zero-order valence-electron chi connectivity index (χ0n) is 16.5. The number of benzene rings is 1. The van der Waals surface area contributed by atoms with E-state index >= 15 is 0 Å². The highest BCUT2D eigenvalue weighted by atomic mass is 32.2. The minimum Gasteiger partial charge on any atom is -0.341 e. The molecule has 28 heavy (non-hydrogen) atoms. The number of hydrogen-bond acceptors (Lipinski definition) is 5. The third-order valence-electron chi connectivity index (χ3n) is 5.12. The number of thioether (sulfide) groups is 1.